The van der Waals surface area contributed by atoms with Gasteiger partial charge in [0.1, 0.15) is 5.82 Å². The van der Waals surface area contributed by atoms with Gasteiger partial charge in [0.25, 0.3) is 0 Å². The van der Waals surface area contributed by atoms with Gasteiger partial charge in [-0.2, -0.15) is 10.2 Å². The van der Waals surface area contributed by atoms with E-state index >= 15 is 0 Å². The van der Waals surface area contributed by atoms with E-state index in [9.17, 15) is 0 Å². The Hall–Kier alpha value is -3.46. The second-order valence-corrected chi connectivity index (χ2v) is 4.79. The number of pyridine rings is 1. The second kappa shape index (κ2) is 7.00. The van der Waals surface area contributed by atoms with E-state index in [2.05, 4.69) is 31.7 Å². The molecular formula is C17H14N6. The van der Waals surface area contributed by atoms with Gasteiger partial charge in [0, 0.05) is 30.8 Å². The number of nitrogens with zero attached hydrogens (tertiary/aromatic N) is 4. The molecule has 0 saturated heterocycles. The van der Waals surface area contributed by atoms with E-state index in [0.717, 1.165) is 17.1 Å². The predicted octanol–water partition coefficient (Wildman–Crippen LogP) is 3.10. The summed E-state index contributed by atoms with van der Waals surface area (Å²) in [4.78, 5) is 12.7. The Morgan fingerprint density at radius 2 is 1.91 bits per heavy atom. The molecule has 3 rings (SSSR count). The van der Waals surface area contributed by atoms with Crippen LogP contribution < -0.4 is 10.6 Å². The number of benzene rings is 1. The molecule has 0 bridgehead atoms. The van der Waals surface area contributed by atoms with Crippen LogP contribution >= 0.6 is 0 Å². The van der Waals surface area contributed by atoms with Crippen molar-refractivity contribution < 1.29 is 0 Å². The SMILES string of the molecule is N#Cc1ccc(Nc2nccc(NCc3cccnc3)n2)cc1. The number of rotatable bonds is 5. The number of nitriles is 1. The first kappa shape index (κ1) is 14.5. The van der Waals surface area contributed by atoms with Gasteiger partial charge in [-0.25, -0.2) is 4.98 Å². The van der Waals surface area contributed by atoms with Gasteiger partial charge in [-0.05, 0) is 42.0 Å². The number of hydrogen-bond donors (Lipinski definition) is 2. The van der Waals surface area contributed by atoms with Crippen molar-refractivity contribution in [2.75, 3.05) is 10.6 Å². The molecule has 0 unspecified atom stereocenters. The fourth-order valence-corrected chi connectivity index (χ4v) is 1.97. The van der Waals surface area contributed by atoms with Crippen LogP contribution in [-0.4, -0.2) is 15.0 Å². The lowest BCUT2D eigenvalue weighted by Gasteiger charge is -2.08. The molecule has 6 heteroatoms. The Kier molecular flexibility index (Phi) is 4.41. The molecule has 0 aliphatic rings. The van der Waals surface area contributed by atoms with Crippen molar-refractivity contribution in [3.8, 4) is 6.07 Å². The van der Waals surface area contributed by atoms with Crippen molar-refractivity contribution in [2.45, 2.75) is 6.54 Å². The summed E-state index contributed by atoms with van der Waals surface area (Å²) in [7, 11) is 0. The highest BCUT2D eigenvalue weighted by molar-refractivity contribution is 5.56. The summed E-state index contributed by atoms with van der Waals surface area (Å²) < 4.78 is 0. The highest BCUT2D eigenvalue weighted by Crippen LogP contribution is 2.15. The van der Waals surface area contributed by atoms with E-state index in [1.54, 1.807) is 30.6 Å². The molecule has 0 atom stereocenters. The Labute approximate surface area is 133 Å². The maximum absolute atomic E-state index is 8.80. The molecule has 0 spiro atoms. The molecule has 0 aliphatic heterocycles. The molecule has 0 radical (unpaired) electrons. The zero-order valence-electron chi connectivity index (χ0n) is 12.3. The largest absolute Gasteiger partial charge is 0.366 e. The summed E-state index contributed by atoms with van der Waals surface area (Å²) in [6.07, 6.45) is 5.24. The van der Waals surface area contributed by atoms with Gasteiger partial charge in [0.15, 0.2) is 0 Å². The fourth-order valence-electron chi connectivity index (χ4n) is 1.97. The minimum Gasteiger partial charge on any atom is -0.366 e. The van der Waals surface area contributed by atoms with Gasteiger partial charge in [-0.3, -0.25) is 4.98 Å². The van der Waals surface area contributed by atoms with Crippen molar-refractivity contribution in [2.24, 2.45) is 0 Å². The molecule has 0 fully saturated rings. The molecule has 112 valence electrons. The van der Waals surface area contributed by atoms with Crippen molar-refractivity contribution in [1.29, 1.82) is 5.26 Å². The van der Waals surface area contributed by atoms with Crippen molar-refractivity contribution in [3.63, 3.8) is 0 Å². The molecule has 6 nitrogen and oxygen atoms in total. The third-order valence-electron chi connectivity index (χ3n) is 3.12. The minimum absolute atomic E-state index is 0.492. The van der Waals surface area contributed by atoms with Crippen LogP contribution in [0.1, 0.15) is 11.1 Å². The molecule has 2 heterocycles. The van der Waals surface area contributed by atoms with Crippen LogP contribution in [0.3, 0.4) is 0 Å². The molecule has 1 aromatic carbocycles. The lowest BCUT2D eigenvalue weighted by molar-refractivity contribution is 1.07. The molecule has 23 heavy (non-hydrogen) atoms. The van der Waals surface area contributed by atoms with Gasteiger partial charge >= 0.3 is 0 Å². The van der Waals surface area contributed by atoms with E-state index in [0.29, 0.717) is 18.1 Å². The lowest BCUT2D eigenvalue weighted by Crippen LogP contribution is -2.04. The maximum Gasteiger partial charge on any atom is 0.229 e. The van der Waals surface area contributed by atoms with Crippen molar-refractivity contribution in [1.82, 2.24) is 15.0 Å². The molecule has 3 aromatic rings. The van der Waals surface area contributed by atoms with Crippen LogP contribution in [0.5, 0.6) is 0 Å². The highest BCUT2D eigenvalue weighted by atomic mass is 15.1. The maximum atomic E-state index is 8.80. The van der Waals surface area contributed by atoms with Crippen LogP contribution in [0.2, 0.25) is 0 Å². The molecule has 2 N–H and O–H groups in total. The number of aromatic nitrogens is 3. The highest BCUT2D eigenvalue weighted by Gasteiger charge is 2.01. The van der Waals surface area contributed by atoms with Gasteiger partial charge in [0.05, 0.1) is 11.6 Å². The average molecular weight is 302 g/mol. The normalized spacial score (nSPS) is 9.87. The van der Waals surface area contributed by atoms with Gasteiger partial charge in [-0.1, -0.05) is 6.07 Å². The lowest BCUT2D eigenvalue weighted by atomic mass is 10.2. The number of anilines is 3. The summed E-state index contributed by atoms with van der Waals surface area (Å²) >= 11 is 0. The van der Waals surface area contributed by atoms with Crippen LogP contribution in [0.15, 0.2) is 61.1 Å². The first-order valence-corrected chi connectivity index (χ1v) is 7.06. The van der Waals surface area contributed by atoms with Gasteiger partial charge < -0.3 is 10.6 Å². The standard InChI is InChI=1S/C17H14N6/c18-10-13-3-5-15(6-4-13)22-17-20-9-7-16(23-17)21-12-14-2-1-8-19-11-14/h1-9,11H,12H2,(H2,20,21,22,23). The molecule has 0 saturated carbocycles. The minimum atomic E-state index is 0.492. The van der Waals surface area contributed by atoms with Crippen LogP contribution in [-0.2, 0) is 6.54 Å². The smallest absolute Gasteiger partial charge is 0.229 e. The number of nitrogens with one attached hydrogen (secondary N) is 2. The topological polar surface area (TPSA) is 86.5 Å². The Balaban J connectivity index is 1.66. The van der Waals surface area contributed by atoms with E-state index in [-0.39, 0.29) is 0 Å². The average Bonchev–Trinajstić information content (AvgIpc) is 2.62. The van der Waals surface area contributed by atoms with E-state index in [1.807, 2.05) is 30.5 Å². The van der Waals surface area contributed by atoms with Crippen LogP contribution in [0, 0.1) is 11.3 Å². The third-order valence-corrected chi connectivity index (χ3v) is 3.12. The van der Waals surface area contributed by atoms with Crippen molar-refractivity contribution in [3.05, 3.63) is 72.2 Å². The quantitative estimate of drug-likeness (QED) is 0.753. The first-order valence-electron chi connectivity index (χ1n) is 7.06. The zero-order chi connectivity index (χ0) is 15.9. The summed E-state index contributed by atoms with van der Waals surface area (Å²) in [5, 5.41) is 15.1. The second-order valence-electron chi connectivity index (χ2n) is 4.79. The summed E-state index contributed by atoms with van der Waals surface area (Å²) in [6.45, 7) is 0.640. The summed E-state index contributed by atoms with van der Waals surface area (Å²) in [6, 6.07) is 14.9. The Morgan fingerprint density at radius 1 is 1.04 bits per heavy atom. The van der Waals surface area contributed by atoms with Crippen molar-refractivity contribution >= 4 is 17.5 Å². The molecular weight excluding hydrogens is 288 g/mol. The Bertz CT molecular complexity index is 808. The molecule has 0 aliphatic carbocycles. The third kappa shape index (κ3) is 4.02. The molecule has 0 amide bonds. The molecule has 2 aromatic heterocycles. The van der Waals surface area contributed by atoms with Crippen LogP contribution in [0.4, 0.5) is 17.5 Å². The summed E-state index contributed by atoms with van der Waals surface area (Å²) in [5.74, 6) is 1.21. The van der Waals surface area contributed by atoms with E-state index in [4.69, 9.17) is 5.26 Å². The zero-order valence-corrected chi connectivity index (χ0v) is 12.3. The van der Waals surface area contributed by atoms with E-state index < -0.39 is 0 Å². The van der Waals surface area contributed by atoms with E-state index in [1.165, 1.54) is 0 Å². The van der Waals surface area contributed by atoms with Gasteiger partial charge in [-0.15, -0.1) is 0 Å². The van der Waals surface area contributed by atoms with Gasteiger partial charge in [0.2, 0.25) is 5.95 Å². The number of hydrogen-bond acceptors (Lipinski definition) is 6. The van der Waals surface area contributed by atoms with Crippen LogP contribution in [0.25, 0.3) is 0 Å². The fraction of sp³-hybridized carbons (Fsp3) is 0.0588. The predicted molar refractivity (Wildman–Crippen MR) is 88.0 cm³/mol. The monoisotopic (exact) mass is 302 g/mol. The summed E-state index contributed by atoms with van der Waals surface area (Å²) in [5.41, 5.74) is 2.52. The first-order chi connectivity index (χ1) is 11.3. The Morgan fingerprint density at radius 3 is 2.65 bits per heavy atom.